The lowest BCUT2D eigenvalue weighted by Gasteiger charge is -2.08. The summed E-state index contributed by atoms with van der Waals surface area (Å²) in [6.45, 7) is 2.79. The quantitative estimate of drug-likeness (QED) is 0.725. The summed E-state index contributed by atoms with van der Waals surface area (Å²) < 4.78 is 3.25. The highest BCUT2D eigenvalue weighted by Gasteiger charge is 2.09. The summed E-state index contributed by atoms with van der Waals surface area (Å²) in [4.78, 5) is 8.94. The molecule has 1 aromatic carbocycles. The van der Waals surface area contributed by atoms with Crippen LogP contribution in [0.25, 0.3) is 11.2 Å². The highest BCUT2D eigenvalue weighted by molar-refractivity contribution is 9.10. The molecule has 2 aromatic heterocycles. The fraction of sp³-hybridized carbons (Fsp3) is 0.143. The molecule has 3 rings (SSSR count). The standard InChI is InChI=1S/C14H12BrN3/c1-10-17-13-7-4-8-16-14(13)18(10)9-11-5-2-3-6-12(11)15/h2-8H,9H2,1H3. The maximum Gasteiger partial charge on any atom is 0.160 e. The van der Waals surface area contributed by atoms with Gasteiger partial charge in [-0.2, -0.15) is 0 Å². The lowest BCUT2D eigenvalue weighted by Crippen LogP contribution is -2.03. The molecule has 2 heterocycles. The number of aryl methyl sites for hydroxylation is 1. The van der Waals surface area contributed by atoms with Crippen molar-refractivity contribution >= 4 is 27.1 Å². The van der Waals surface area contributed by atoms with Gasteiger partial charge in [-0.3, -0.25) is 0 Å². The Labute approximate surface area is 114 Å². The van der Waals surface area contributed by atoms with Gasteiger partial charge >= 0.3 is 0 Å². The number of benzene rings is 1. The topological polar surface area (TPSA) is 30.7 Å². The predicted molar refractivity (Wildman–Crippen MR) is 75.5 cm³/mol. The van der Waals surface area contributed by atoms with Gasteiger partial charge in [0.15, 0.2) is 5.65 Å². The Bertz CT molecular complexity index is 703. The number of hydrogen-bond acceptors (Lipinski definition) is 2. The number of aromatic nitrogens is 3. The summed E-state index contributed by atoms with van der Waals surface area (Å²) in [5.41, 5.74) is 3.11. The van der Waals surface area contributed by atoms with Crippen molar-refractivity contribution in [1.82, 2.24) is 14.5 Å². The van der Waals surface area contributed by atoms with Crippen LogP contribution in [-0.2, 0) is 6.54 Å². The molecule has 0 saturated heterocycles. The lowest BCUT2D eigenvalue weighted by molar-refractivity contribution is 0.775. The molecule has 0 amide bonds. The van der Waals surface area contributed by atoms with E-state index in [0.29, 0.717) is 0 Å². The van der Waals surface area contributed by atoms with Crippen molar-refractivity contribution in [3.8, 4) is 0 Å². The van der Waals surface area contributed by atoms with Gasteiger partial charge in [0.2, 0.25) is 0 Å². The van der Waals surface area contributed by atoms with Gasteiger partial charge in [0.05, 0.1) is 6.54 Å². The van der Waals surface area contributed by atoms with Crippen molar-refractivity contribution in [3.63, 3.8) is 0 Å². The monoisotopic (exact) mass is 301 g/mol. The molecule has 18 heavy (non-hydrogen) atoms. The Hall–Kier alpha value is -1.68. The fourth-order valence-corrected chi connectivity index (χ4v) is 2.47. The minimum absolute atomic E-state index is 0.779. The van der Waals surface area contributed by atoms with Gasteiger partial charge in [-0.1, -0.05) is 34.1 Å². The molecule has 0 fully saturated rings. The number of rotatable bonds is 2. The number of halogens is 1. The summed E-state index contributed by atoms with van der Waals surface area (Å²) >= 11 is 3.58. The molecular weight excluding hydrogens is 290 g/mol. The number of hydrogen-bond donors (Lipinski definition) is 0. The Balaban J connectivity index is 2.10. The van der Waals surface area contributed by atoms with Crippen LogP contribution in [0.2, 0.25) is 0 Å². The number of pyridine rings is 1. The highest BCUT2D eigenvalue weighted by atomic mass is 79.9. The van der Waals surface area contributed by atoms with E-state index < -0.39 is 0 Å². The first-order valence-corrected chi connectivity index (χ1v) is 6.56. The predicted octanol–water partition coefficient (Wildman–Crippen LogP) is 3.55. The number of fused-ring (bicyclic) bond motifs is 1. The van der Waals surface area contributed by atoms with E-state index in [1.165, 1.54) is 5.56 Å². The molecule has 90 valence electrons. The van der Waals surface area contributed by atoms with E-state index in [-0.39, 0.29) is 0 Å². The molecule has 4 heteroatoms. The Morgan fingerprint density at radius 1 is 1.17 bits per heavy atom. The normalized spacial score (nSPS) is 11.0. The largest absolute Gasteiger partial charge is 0.308 e. The molecule has 0 atom stereocenters. The van der Waals surface area contributed by atoms with Gasteiger partial charge in [0.1, 0.15) is 11.3 Å². The van der Waals surface area contributed by atoms with E-state index in [1.807, 2.05) is 31.2 Å². The maximum absolute atomic E-state index is 4.52. The van der Waals surface area contributed by atoms with Gasteiger partial charge in [0.25, 0.3) is 0 Å². The summed E-state index contributed by atoms with van der Waals surface area (Å²) in [5.74, 6) is 0.986. The van der Waals surface area contributed by atoms with Crippen molar-refractivity contribution in [2.75, 3.05) is 0 Å². The van der Waals surface area contributed by atoms with Crippen LogP contribution in [0.5, 0.6) is 0 Å². The zero-order chi connectivity index (χ0) is 12.5. The van der Waals surface area contributed by atoms with Crippen LogP contribution < -0.4 is 0 Å². The minimum Gasteiger partial charge on any atom is -0.308 e. The third kappa shape index (κ3) is 1.93. The first-order chi connectivity index (χ1) is 8.75. The van der Waals surface area contributed by atoms with E-state index in [1.54, 1.807) is 6.20 Å². The molecule has 0 unspecified atom stereocenters. The SMILES string of the molecule is Cc1nc2cccnc2n1Cc1ccccc1Br. The van der Waals surface area contributed by atoms with Crippen LogP contribution in [0.3, 0.4) is 0 Å². The van der Waals surface area contributed by atoms with Crippen molar-refractivity contribution in [3.05, 3.63) is 58.5 Å². The average Bonchev–Trinajstić information content (AvgIpc) is 2.69. The van der Waals surface area contributed by atoms with Crippen LogP contribution in [0.4, 0.5) is 0 Å². The second-order valence-corrected chi connectivity index (χ2v) is 5.04. The Morgan fingerprint density at radius 3 is 2.83 bits per heavy atom. The summed E-state index contributed by atoms with van der Waals surface area (Å²) in [7, 11) is 0. The van der Waals surface area contributed by atoms with E-state index in [2.05, 4.69) is 42.6 Å². The zero-order valence-corrected chi connectivity index (χ0v) is 11.6. The van der Waals surface area contributed by atoms with Gasteiger partial charge in [0, 0.05) is 10.7 Å². The number of nitrogens with zero attached hydrogens (tertiary/aromatic N) is 3. The third-order valence-electron chi connectivity index (χ3n) is 2.98. The van der Waals surface area contributed by atoms with Crippen LogP contribution in [-0.4, -0.2) is 14.5 Å². The third-order valence-corrected chi connectivity index (χ3v) is 3.75. The van der Waals surface area contributed by atoms with Gasteiger partial charge in [-0.15, -0.1) is 0 Å². The summed E-state index contributed by atoms with van der Waals surface area (Å²) in [6.07, 6.45) is 1.81. The van der Waals surface area contributed by atoms with Crippen LogP contribution in [0.15, 0.2) is 47.1 Å². The summed E-state index contributed by atoms with van der Waals surface area (Å²) in [6, 6.07) is 12.1. The molecule has 3 aromatic rings. The lowest BCUT2D eigenvalue weighted by atomic mass is 10.2. The van der Waals surface area contributed by atoms with Crippen molar-refractivity contribution < 1.29 is 0 Å². The minimum atomic E-state index is 0.779. The first-order valence-electron chi connectivity index (χ1n) is 5.77. The fourth-order valence-electron chi connectivity index (χ4n) is 2.06. The molecule has 0 N–H and O–H groups in total. The molecule has 0 aliphatic rings. The molecule has 0 saturated carbocycles. The van der Waals surface area contributed by atoms with Crippen molar-refractivity contribution in [2.24, 2.45) is 0 Å². The average molecular weight is 302 g/mol. The van der Waals surface area contributed by atoms with Crippen LogP contribution in [0.1, 0.15) is 11.4 Å². The second kappa shape index (κ2) is 4.53. The molecule has 0 radical (unpaired) electrons. The molecule has 0 aliphatic carbocycles. The van der Waals surface area contributed by atoms with Crippen LogP contribution in [0, 0.1) is 6.92 Å². The van der Waals surface area contributed by atoms with Gasteiger partial charge in [-0.05, 0) is 30.7 Å². The smallest absolute Gasteiger partial charge is 0.160 e. The van der Waals surface area contributed by atoms with Crippen LogP contribution >= 0.6 is 15.9 Å². The van der Waals surface area contributed by atoms with E-state index in [4.69, 9.17) is 0 Å². The van der Waals surface area contributed by atoms with E-state index in [0.717, 1.165) is 28.0 Å². The molecular formula is C14H12BrN3. The highest BCUT2D eigenvalue weighted by Crippen LogP contribution is 2.20. The zero-order valence-electron chi connectivity index (χ0n) is 9.97. The molecule has 0 bridgehead atoms. The van der Waals surface area contributed by atoms with Crippen molar-refractivity contribution in [1.29, 1.82) is 0 Å². The first kappa shape index (κ1) is 11.4. The maximum atomic E-state index is 4.52. The van der Waals surface area contributed by atoms with Crippen molar-refractivity contribution in [2.45, 2.75) is 13.5 Å². The molecule has 0 spiro atoms. The Morgan fingerprint density at radius 2 is 2.00 bits per heavy atom. The molecule has 0 aliphatic heterocycles. The Kier molecular flexibility index (Phi) is 2.88. The number of imidazole rings is 1. The van der Waals surface area contributed by atoms with Gasteiger partial charge < -0.3 is 4.57 Å². The summed E-state index contributed by atoms with van der Waals surface area (Å²) in [5, 5.41) is 0. The van der Waals surface area contributed by atoms with E-state index in [9.17, 15) is 0 Å². The van der Waals surface area contributed by atoms with E-state index >= 15 is 0 Å². The second-order valence-electron chi connectivity index (χ2n) is 4.18. The van der Waals surface area contributed by atoms with Gasteiger partial charge in [-0.25, -0.2) is 9.97 Å². The molecule has 3 nitrogen and oxygen atoms in total.